The van der Waals surface area contributed by atoms with Crippen LogP contribution < -0.4 is 10.2 Å². The van der Waals surface area contributed by atoms with Crippen molar-refractivity contribution in [1.82, 2.24) is 15.1 Å². The normalized spacial score (nSPS) is 14.8. The van der Waals surface area contributed by atoms with Crippen LogP contribution in [0.25, 0.3) is 0 Å². The van der Waals surface area contributed by atoms with Gasteiger partial charge in [-0.25, -0.2) is 4.98 Å². The topological polar surface area (TPSA) is 84.2 Å². The summed E-state index contributed by atoms with van der Waals surface area (Å²) in [6, 6.07) is 3.84. The van der Waals surface area contributed by atoms with Crippen molar-refractivity contribution in [2.24, 2.45) is 0 Å². The minimum Gasteiger partial charge on any atom is -0.357 e. The van der Waals surface area contributed by atoms with Gasteiger partial charge in [-0.3, -0.25) is 4.79 Å². The van der Waals surface area contributed by atoms with Gasteiger partial charge in [0.2, 0.25) is 11.8 Å². The summed E-state index contributed by atoms with van der Waals surface area (Å²) >= 11 is 0. The molecular weight excluding hydrogens is 318 g/mol. The third-order valence-electron chi connectivity index (χ3n) is 4.17. The molecule has 3 heterocycles. The summed E-state index contributed by atoms with van der Waals surface area (Å²) in [7, 11) is 0. The van der Waals surface area contributed by atoms with E-state index in [0.29, 0.717) is 30.2 Å². The van der Waals surface area contributed by atoms with Crippen molar-refractivity contribution >= 4 is 17.4 Å². The zero-order valence-electron chi connectivity index (χ0n) is 15.1. The summed E-state index contributed by atoms with van der Waals surface area (Å²) in [5.74, 6) is 2.02. The van der Waals surface area contributed by atoms with Crippen LogP contribution in [0.2, 0.25) is 0 Å². The number of pyridine rings is 1. The van der Waals surface area contributed by atoms with E-state index in [1.54, 1.807) is 6.20 Å². The quantitative estimate of drug-likeness (QED) is 0.898. The van der Waals surface area contributed by atoms with Gasteiger partial charge in [-0.1, -0.05) is 25.9 Å². The monoisotopic (exact) mass is 343 g/mol. The van der Waals surface area contributed by atoms with Gasteiger partial charge in [0.05, 0.1) is 11.9 Å². The van der Waals surface area contributed by atoms with E-state index in [2.05, 4.69) is 25.3 Å². The molecule has 0 radical (unpaired) electrons. The first kappa shape index (κ1) is 17.4. The Labute approximate surface area is 147 Å². The van der Waals surface area contributed by atoms with Crippen molar-refractivity contribution in [2.45, 2.75) is 51.9 Å². The Morgan fingerprint density at radius 2 is 2.04 bits per heavy atom. The third-order valence-corrected chi connectivity index (χ3v) is 4.17. The smallest absolute Gasteiger partial charge is 0.227 e. The fourth-order valence-corrected chi connectivity index (χ4v) is 2.70. The molecule has 0 aromatic carbocycles. The largest absolute Gasteiger partial charge is 0.357 e. The molecule has 1 fully saturated rings. The Balaban J connectivity index is 1.49. The van der Waals surface area contributed by atoms with Crippen LogP contribution in [0.1, 0.15) is 51.7 Å². The number of amides is 1. The Kier molecular flexibility index (Phi) is 5.01. The minimum atomic E-state index is -0.160. The van der Waals surface area contributed by atoms with Crippen molar-refractivity contribution in [3.05, 3.63) is 30.0 Å². The summed E-state index contributed by atoms with van der Waals surface area (Å²) < 4.78 is 5.21. The van der Waals surface area contributed by atoms with Crippen molar-refractivity contribution in [2.75, 3.05) is 23.3 Å². The molecule has 0 saturated carbocycles. The van der Waals surface area contributed by atoms with Crippen LogP contribution >= 0.6 is 0 Å². The van der Waals surface area contributed by atoms with E-state index in [9.17, 15) is 4.79 Å². The van der Waals surface area contributed by atoms with Gasteiger partial charge in [0.25, 0.3) is 0 Å². The summed E-state index contributed by atoms with van der Waals surface area (Å²) in [4.78, 5) is 23.1. The zero-order valence-corrected chi connectivity index (χ0v) is 15.1. The van der Waals surface area contributed by atoms with Gasteiger partial charge in [0, 0.05) is 31.3 Å². The van der Waals surface area contributed by atoms with Crippen LogP contribution in [-0.2, 0) is 16.6 Å². The maximum Gasteiger partial charge on any atom is 0.227 e. The van der Waals surface area contributed by atoms with Gasteiger partial charge in [-0.2, -0.15) is 4.98 Å². The first-order valence-corrected chi connectivity index (χ1v) is 8.76. The van der Waals surface area contributed by atoms with Crippen LogP contribution in [0.4, 0.5) is 11.5 Å². The predicted molar refractivity (Wildman–Crippen MR) is 95.6 cm³/mol. The number of aryl methyl sites for hydroxylation is 1. The van der Waals surface area contributed by atoms with Gasteiger partial charge >= 0.3 is 0 Å². The van der Waals surface area contributed by atoms with Crippen molar-refractivity contribution in [3.8, 4) is 0 Å². The first-order valence-electron chi connectivity index (χ1n) is 8.76. The number of carbonyl (C=O) groups excluding carboxylic acids is 1. The lowest BCUT2D eigenvalue weighted by atomic mass is 9.96. The number of nitrogens with zero attached hydrogens (tertiary/aromatic N) is 4. The Morgan fingerprint density at radius 1 is 1.28 bits per heavy atom. The molecule has 3 rings (SSSR count). The summed E-state index contributed by atoms with van der Waals surface area (Å²) in [5, 5.41) is 6.82. The van der Waals surface area contributed by atoms with Gasteiger partial charge in [-0.05, 0) is 25.0 Å². The number of carbonyl (C=O) groups is 1. The van der Waals surface area contributed by atoms with Gasteiger partial charge in [-0.15, -0.1) is 0 Å². The Hall–Kier alpha value is -2.44. The molecule has 1 aliphatic heterocycles. The number of aromatic nitrogens is 3. The average Bonchev–Trinajstić information content (AvgIpc) is 3.25. The fraction of sp³-hybridized carbons (Fsp3) is 0.556. The molecule has 1 saturated heterocycles. The highest BCUT2D eigenvalue weighted by Gasteiger charge is 2.21. The molecule has 1 N–H and O–H groups in total. The van der Waals surface area contributed by atoms with Crippen LogP contribution in [0.15, 0.2) is 22.9 Å². The second kappa shape index (κ2) is 7.21. The van der Waals surface area contributed by atoms with E-state index in [0.717, 1.165) is 18.9 Å². The van der Waals surface area contributed by atoms with Crippen LogP contribution in [0, 0.1) is 0 Å². The third kappa shape index (κ3) is 4.55. The van der Waals surface area contributed by atoms with Crippen LogP contribution in [0.5, 0.6) is 0 Å². The lowest BCUT2D eigenvalue weighted by molar-refractivity contribution is -0.116. The molecule has 1 amide bonds. The van der Waals surface area contributed by atoms with E-state index < -0.39 is 0 Å². The standard InChI is InChI=1S/C18H25N5O2/c1-18(2,3)17-21-16(25-22-17)9-8-15(24)20-13-6-7-14(19-12-13)23-10-4-5-11-23/h6-7,12H,4-5,8-11H2,1-3H3,(H,20,24). The van der Waals surface area contributed by atoms with Crippen LogP contribution in [-0.4, -0.2) is 34.1 Å². The maximum atomic E-state index is 12.1. The number of nitrogens with one attached hydrogen (secondary N) is 1. The number of hydrogen-bond acceptors (Lipinski definition) is 6. The lowest BCUT2D eigenvalue weighted by Crippen LogP contribution is -2.19. The minimum absolute atomic E-state index is 0.0915. The van der Waals surface area contributed by atoms with Crippen LogP contribution in [0.3, 0.4) is 0 Å². The molecular formula is C18H25N5O2. The average molecular weight is 343 g/mol. The zero-order chi connectivity index (χ0) is 17.9. The molecule has 7 nitrogen and oxygen atoms in total. The van der Waals surface area contributed by atoms with Gasteiger partial charge < -0.3 is 14.7 Å². The van der Waals surface area contributed by atoms with Gasteiger partial charge in [0.15, 0.2) is 5.82 Å². The molecule has 0 atom stereocenters. The number of hydrogen-bond donors (Lipinski definition) is 1. The second-order valence-electron chi connectivity index (χ2n) is 7.41. The highest BCUT2D eigenvalue weighted by molar-refractivity contribution is 5.90. The highest BCUT2D eigenvalue weighted by Crippen LogP contribution is 2.20. The molecule has 2 aromatic rings. The SMILES string of the molecule is CC(C)(C)c1noc(CCC(=O)Nc2ccc(N3CCCC3)nc2)n1. The van der Waals surface area contributed by atoms with E-state index in [-0.39, 0.29) is 11.3 Å². The number of anilines is 2. The molecule has 134 valence electrons. The highest BCUT2D eigenvalue weighted by atomic mass is 16.5. The van der Waals surface area contributed by atoms with Crippen molar-refractivity contribution in [3.63, 3.8) is 0 Å². The summed E-state index contributed by atoms with van der Waals surface area (Å²) in [5.41, 5.74) is 0.543. The Morgan fingerprint density at radius 3 is 2.64 bits per heavy atom. The molecule has 1 aliphatic rings. The van der Waals surface area contributed by atoms with E-state index in [1.165, 1.54) is 12.8 Å². The molecule has 0 unspecified atom stereocenters. The summed E-state index contributed by atoms with van der Waals surface area (Å²) in [6.45, 7) is 8.17. The lowest BCUT2D eigenvalue weighted by Gasteiger charge is -2.16. The first-order chi connectivity index (χ1) is 11.9. The van der Waals surface area contributed by atoms with Crippen molar-refractivity contribution < 1.29 is 9.32 Å². The summed E-state index contributed by atoms with van der Waals surface area (Å²) in [6.07, 6.45) is 4.85. The van der Waals surface area contributed by atoms with E-state index in [1.807, 2.05) is 32.9 Å². The molecule has 0 spiro atoms. The second-order valence-corrected chi connectivity index (χ2v) is 7.41. The predicted octanol–water partition coefficient (Wildman–Crippen LogP) is 2.93. The molecule has 0 aliphatic carbocycles. The molecule has 2 aromatic heterocycles. The molecule has 25 heavy (non-hydrogen) atoms. The molecule has 7 heteroatoms. The van der Waals surface area contributed by atoms with E-state index >= 15 is 0 Å². The van der Waals surface area contributed by atoms with E-state index in [4.69, 9.17) is 4.52 Å². The van der Waals surface area contributed by atoms with Gasteiger partial charge in [0.1, 0.15) is 5.82 Å². The van der Waals surface area contributed by atoms with Crippen molar-refractivity contribution in [1.29, 1.82) is 0 Å². The maximum absolute atomic E-state index is 12.1. The Bertz CT molecular complexity index is 712. The number of rotatable bonds is 5. The fourth-order valence-electron chi connectivity index (χ4n) is 2.70. The molecule has 0 bridgehead atoms.